The summed E-state index contributed by atoms with van der Waals surface area (Å²) in [5.41, 5.74) is 5.03. The summed E-state index contributed by atoms with van der Waals surface area (Å²) < 4.78 is 5.47. The SMILES string of the molecule is Cc1ccc(C(=O)Nc2ccccc2-c2nc(-c3ccc(C)cc3)no2)cc1. The zero-order valence-corrected chi connectivity index (χ0v) is 15.6. The summed E-state index contributed by atoms with van der Waals surface area (Å²) in [4.78, 5) is 17.1. The van der Waals surface area contributed by atoms with Gasteiger partial charge in [-0.2, -0.15) is 4.98 Å². The van der Waals surface area contributed by atoms with Gasteiger partial charge in [0.1, 0.15) is 0 Å². The zero-order valence-electron chi connectivity index (χ0n) is 15.6. The predicted octanol–water partition coefficient (Wildman–Crippen LogP) is 5.27. The summed E-state index contributed by atoms with van der Waals surface area (Å²) >= 11 is 0. The quantitative estimate of drug-likeness (QED) is 0.532. The number of rotatable bonds is 4. The molecule has 1 amide bonds. The second kappa shape index (κ2) is 7.48. The summed E-state index contributed by atoms with van der Waals surface area (Å²) in [6, 6.07) is 22.7. The molecule has 0 fully saturated rings. The van der Waals surface area contributed by atoms with Crippen LogP contribution in [0.1, 0.15) is 21.5 Å². The van der Waals surface area contributed by atoms with E-state index < -0.39 is 0 Å². The number of amides is 1. The lowest BCUT2D eigenvalue weighted by molar-refractivity contribution is 0.102. The van der Waals surface area contributed by atoms with Crippen molar-refractivity contribution in [2.24, 2.45) is 0 Å². The lowest BCUT2D eigenvalue weighted by Crippen LogP contribution is -2.12. The second-order valence-corrected chi connectivity index (χ2v) is 6.65. The number of nitrogens with one attached hydrogen (secondary N) is 1. The minimum atomic E-state index is -0.189. The number of para-hydroxylation sites is 1. The average molecular weight is 369 g/mol. The van der Waals surface area contributed by atoms with Gasteiger partial charge in [0.05, 0.1) is 11.3 Å². The van der Waals surface area contributed by atoms with Gasteiger partial charge in [0, 0.05) is 11.1 Å². The maximum Gasteiger partial charge on any atom is 0.260 e. The van der Waals surface area contributed by atoms with Gasteiger partial charge >= 0.3 is 0 Å². The molecular weight excluding hydrogens is 350 g/mol. The van der Waals surface area contributed by atoms with Crippen LogP contribution in [0.15, 0.2) is 77.3 Å². The average Bonchev–Trinajstić information content (AvgIpc) is 3.19. The Labute approximate surface area is 163 Å². The Morgan fingerprint density at radius 2 is 1.50 bits per heavy atom. The first kappa shape index (κ1) is 17.7. The van der Waals surface area contributed by atoms with Crippen molar-refractivity contribution in [3.8, 4) is 22.8 Å². The van der Waals surface area contributed by atoms with E-state index in [1.165, 1.54) is 0 Å². The van der Waals surface area contributed by atoms with Crippen LogP contribution in [0.4, 0.5) is 5.69 Å². The van der Waals surface area contributed by atoms with E-state index in [-0.39, 0.29) is 5.91 Å². The number of hydrogen-bond acceptors (Lipinski definition) is 4. The van der Waals surface area contributed by atoms with Crippen molar-refractivity contribution in [3.05, 3.63) is 89.5 Å². The summed E-state index contributed by atoms with van der Waals surface area (Å²) in [6.07, 6.45) is 0. The first-order valence-corrected chi connectivity index (χ1v) is 8.98. The van der Waals surface area contributed by atoms with Crippen LogP contribution in [0.5, 0.6) is 0 Å². The number of carbonyl (C=O) groups excluding carboxylic acids is 1. The normalized spacial score (nSPS) is 10.6. The van der Waals surface area contributed by atoms with Crippen LogP contribution in [-0.4, -0.2) is 16.0 Å². The van der Waals surface area contributed by atoms with E-state index in [0.29, 0.717) is 28.5 Å². The molecule has 0 aliphatic carbocycles. The Morgan fingerprint density at radius 1 is 0.857 bits per heavy atom. The van der Waals surface area contributed by atoms with Crippen LogP contribution < -0.4 is 5.32 Å². The van der Waals surface area contributed by atoms with Gasteiger partial charge in [0.25, 0.3) is 11.8 Å². The molecule has 28 heavy (non-hydrogen) atoms. The maximum absolute atomic E-state index is 12.6. The molecule has 0 atom stereocenters. The van der Waals surface area contributed by atoms with Gasteiger partial charge in [-0.05, 0) is 38.1 Å². The third-order valence-electron chi connectivity index (χ3n) is 4.46. The van der Waals surface area contributed by atoms with Gasteiger partial charge in [-0.1, -0.05) is 64.8 Å². The molecule has 4 aromatic rings. The molecule has 0 radical (unpaired) electrons. The van der Waals surface area contributed by atoms with E-state index in [9.17, 15) is 4.79 Å². The highest BCUT2D eigenvalue weighted by atomic mass is 16.5. The second-order valence-electron chi connectivity index (χ2n) is 6.65. The lowest BCUT2D eigenvalue weighted by Gasteiger charge is -2.08. The first-order chi connectivity index (χ1) is 13.6. The number of nitrogens with zero attached hydrogens (tertiary/aromatic N) is 2. The molecule has 0 bridgehead atoms. The van der Waals surface area contributed by atoms with E-state index in [1.807, 2.05) is 74.5 Å². The molecule has 1 aromatic heterocycles. The Kier molecular flexibility index (Phi) is 4.72. The molecule has 5 nitrogen and oxygen atoms in total. The molecule has 0 aliphatic rings. The van der Waals surface area contributed by atoms with E-state index >= 15 is 0 Å². The number of aryl methyl sites for hydroxylation is 2. The van der Waals surface area contributed by atoms with Crippen LogP contribution in [0.3, 0.4) is 0 Å². The fourth-order valence-corrected chi connectivity index (χ4v) is 2.83. The van der Waals surface area contributed by atoms with Gasteiger partial charge in [-0.3, -0.25) is 4.79 Å². The van der Waals surface area contributed by atoms with Gasteiger partial charge in [-0.15, -0.1) is 0 Å². The van der Waals surface area contributed by atoms with Crippen LogP contribution in [0, 0.1) is 13.8 Å². The van der Waals surface area contributed by atoms with Crippen molar-refractivity contribution < 1.29 is 9.32 Å². The van der Waals surface area contributed by atoms with Crippen LogP contribution in [0.2, 0.25) is 0 Å². The largest absolute Gasteiger partial charge is 0.334 e. The molecule has 3 aromatic carbocycles. The van der Waals surface area contributed by atoms with Crippen LogP contribution in [0.25, 0.3) is 22.8 Å². The minimum absolute atomic E-state index is 0.189. The summed E-state index contributed by atoms with van der Waals surface area (Å²) in [6.45, 7) is 4.01. The molecule has 0 unspecified atom stereocenters. The van der Waals surface area contributed by atoms with Crippen molar-refractivity contribution >= 4 is 11.6 Å². The molecule has 0 spiro atoms. The zero-order chi connectivity index (χ0) is 19.5. The highest BCUT2D eigenvalue weighted by Crippen LogP contribution is 2.29. The van der Waals surface area contributed by atoms with Crippen LogP contribution >= 0.6 is 0 Å². The van der Waals surface area contributed by atoms with Crippen LogP contribution in [-0.2, 0) is 0 Å². The Balaban J connectivity index is 1.62. The van der Waals surface area contributed by atoms with Crippen molar-refractivity contribution in [2.45, 2.75) is 13.8 Å². The van der Waals surface area contributed by atoms with Crippen molar-refractivity contribution in [2.75, 3.05) is 5.32 Å². The third kappa shape index (κ3) is 3.69. The molecule has 0 aliphatic heterocycles. The standard InChI is InChI=1S/C23H19N3O2/c1-15-7-11-17(12-8-15)21-25-23(28-26-21)19-5-3-4-6-20(19)24-22(27)18-13-9-16(2)10-14-18/h3-14H,1-2H3,(H,24,27). The number of anilines is 1. The molecule has 4 rings (SSSR count). The third-order valence-corrected chi connectivity index (χ3v) is 4.46. The topological polar surface area (TPSA) is 68.0 Å². The number of benzene rings is 3. The fourth-order valence-electron chi connectivity index (χ4n) is 2.83. The van der Waals surface area contributed by atoms with E-state index in [1.54, 1.807) is 12.1 Å². The molecule has 0 saturated carbocycles. The van der Waals surface area contributed by atoms with Crippen molar-refractivity contribution in [3.63, 3.8) is 0 Å². The molecule has 1 N–H and O–H groups in total. The highest BCUT2D eigenvalue weighted by molar-refractivity contribution is 6.06. The van der Waals surface area contributed by atoms with Gasteiger partial charge in [0.15, 0.2) is 0 Å². The molecule has 1 heterocycles. The molecular formula is C23H19N3O2. The summed E-state index contributed by atoms with van der Waals surface area (Å²) in [5.74, 6) is 0.677. The van der Waals surface area contributed by atoms with Gasteiger partial charge in [0.2, 0.25) is 5.82 Å². The van der Waals surface area contributed by atoms with Crippen molar-refractivity contribution in [1.82, 2.24) is 10.1 Å². The predicted molar refractivity (Wildman–Crippen MR) is 109 cm³/mol. The molecule has 5 heteroatoms. The highest BCUT2D eigenvalue weighted by Gasteiger charge is 2.16. The number of carbonyl (C=O) groups is 1. The maximum atomic E-state index is 12.6. The number of hydrogen-bond donors (Lipinski definition) is 1. The smallest absolute Gasteiger partial charge is 0.260 e. The van der Waals surface area contributed by atoms with Gasteiger partial charge in [-0.25, -0.2) is 0 Å². The molecule has 0 saturated heterocycles. The Bertz CT molecular complexity index is 1110. The first-order valence-electron chi connectivity index (χ1n) is 8.98. The van der Waals surface area contributed by atoms with Gasteiger partial charge < -0.3 is 9.84 Å². The van der Waals surface area contributed by atoms with E-state index in [0.717, 1.165) is 16.7 Å². The van der Waals surface area contributed by atoms with E-state index in [2.05, 4.69) is 15.5 Å². The van der Waals surface area contributed by atoms with Crippen molar-refractivity contribution in [1.29, 1.82) is 0 Å². The fraction of sp³-hybridized carbons (Fsp3) is 0.0870. The molecule has 138 valence electrons. The monoisotopic (exact) mass is 369 g/mol. The number of aromatic nitrogens is 2. The minimum Gasteiger partial charge on any atom is -0.334 e. The summed E-state index contributed by atoms with van der Waals surface area (Å²) in [7, 11) is 0. The Morgan fingerprint density at radius 3 is 2.21 bits per heavy atom. The summed E-state index contributed by atoms with van der Waals surface area (Å²) in [5, 5.41) is 7.02. The Hall–Kier alpha value is -3.73. The van der Waals surface area contributed by atoms with E-state index in [4.69, 9.17) is 4.52 Å². The lowest BCUT2D eigenvalue weighted by atomic mass is 10.1.